The Morgan fingerprint density at radius 1 is 1.40 bits per heavy atom. The SMILES string of the molecule is CC(C)O.N=C(N)N.[Cl-].[Li+]. The maximum atomic E-state index is 8.06. The van der Waals surface area contributed by atoms with Crippen molar-refractivity contribution in [3.8, 4) is 0 Å². The van der Waals surface area contributed by atoms with E-state index >= 15 is 0 Å². The quantitative estimate of drug-likeness (QED) is 0.162. The van der Waals surface area contributed by atoms with E-state index in [0.717, 1.165) is 0 Å². The minimum Gasteiger partial charge on any atom is -1.00 e. The van der Waals surface area contributed by atoms with E-state index in [9.17, 15) is 0 Å². The van der Waals surface area contributed by atoms with Gasteiger partial charge in [0.1, 0.15) is 0 Å². The van der Waals surface area contributed by atoms with Gasteiger partial charge in [-0.1, -0.05) is 0 Å². The van der Waals surface area contributed by atoms with E-state index in [-0.39, 0.29) is 43.3 Å². The summed E-state index contributed by atoms with van der Waals surface area (Å²) in [7, 11) is 0. The van der Waals surface area contributed by atoms with E-state index in [1.165, 1.54) is 0 Å². The molecule has 4 nitrogen and oxygen atoms in total. The third-order valence-corrected chi connectivity index (χ3v) is 0. The normalized spacial score (nSPS) is 6.00. The molecule has 6 N–H and O–H groups in total. The number of aliphatic hydroxyl groups excluding tert-OH is 1. The van der Waals surface area contributed by atoms with E-state index in [0.29, 0.717) is 0 Å². The van der Waals surface area contributed by atoms with Gasteiger partial charge in [0.25, 0.3) is 0 Å². The third-order valence-electron chi connectivity index (χ3n) is 0. The molecular formula is C4H13ClLiN3O. The molecule has 10 heavy (non-hydrogen) atoms. The number of halogens is 1. The molecule has 0 radical (unpaired) electrons. The molecule has 0 fully saturated rings. The summed E-state index contributed by atoms with van der Waals surface area (Å²) in [5, 5.41) is 14.1. The van der Waals surface area contributed by atoms with Gasteiger partial charge in [-0.15, -0.1) is 0 Å². The summed E-state index contributed by atoms with van der Waals surface area (Å²) in [5.41, 5.74) is 8.94. The van der Waals surface area contributed by atoms with Crippen LogP contribution in [0.15, 0.2) is 0 Å². The Bertz CT molecular complexity index is 64.8. The largest absolute Gasteiger partial charge is 1.00 e. The van der Waals surface area contributed by atoms with Crippen LogP contribution in [0.2, 0.25) is 0 Å². The monoisotopic (exact) mass is 161 g/mol. The van der Waals surface area contributed by atoms with E-state index in [2.05, 4.69) is 11.5 Å². The van der Waals surface area contributed by atoms with Crippen molar-refractivity contribution in [1.29, 1.82) is 5.41 Å². The topological polar surface area (TPSA) is 96.1 Å². The smallest absolute Gasteiger partial charge is 1.00 e. The van der Waals surface area contributed by atoms with Gasteiger partial charge in [0.2, 0.25) is 0 Å². The number of hydrogen-bond donors (Lipinski definition) is 4. The first-order chi connectivity index (χ1) is 3.46. The number of nitrogens with one attached hydrogen (secondary N) is 1. The van der Waals surface area contributed by atoms with Gasteiger partial charge in [-0.25, -0.2) is 0 Å². The molecule has 0 heterocycles. The van der Waals surface area contributed by atoms with Crippen LogP contribution in [0, 0.1) is 5.41 Å². The van der Waals surface area contributed by atoms with E-state index in [1.54, 1.807) is 13.8 Å². The number of nitrogens with two attached hydrogens (primary N) is 2. The number of guanidine groups is 1. The molecule has 0 aliphatic rings. The predicted molar refractivity (Wildman–Crippen MR) is 33.5 cm³/mol. The minimum atomic E-state index is -0.333. The fourth-order valence-electron chi connectivity index (χ4n) is 0. The first-order valence-corrected chi connectivity index (χ1v) is 2.24. The standard InChI is InChI=1S/C3H8O.CH5N3.ClH.Li/c1-3(2)4;2-1(3)4;;/h3-4H,1-2H3;(H5,2,3,4);1H;/q;;;+1/p-1. The second-order valence-corrected chi connectivity index (χ2v) is 1.55. The number of hydrogen-bond acceptors (Lipinski definition) is 2. The van der Waals surface area contributed by atoms with Crippen molar-refractivity contribution in [3.63, 3.8) is 0 Å². The van der Waals surface area contributed by atoms with Gasteiger partial charge in [0.15, 0.2) is 5.96 Å². The molecule has 0 aromatic heterocycles. The molecule has 0 aliphatic carbocycles. The molecule has 0 saturated carbocycles. The summed E-state index contributed by atoms with van der Waals surface area (Å²) in [6.45, 7) is 3.44. The number of aliphatic hydroxyl groups is 1. The van der Waals surface area contributed by atoms with Gasteiger partial charge in [0.05, 0.1) is 0 Å². The Kier molecular flexibility index (Phi) is 36.1. The molecule has 0 saturated heterocycles. The van der Waals surface area contributed by atoms with Crippen molar-refractivity contribution >= 4 is 5.96 Å². The average Bonchev–Trinajstić information content (AvgIpc) is 1.25. The van der Waals surface area contributed by atoms with Crippen LogP contribution in [-0.2, 0) is 0 Å². The Labute approximate surface area is 79.4 Å². The van der Waals surface area contributed by atoms with Crippen molar-refractivity contribution in [2.24, 2.45) is 11.5 Å². The maximum Gasteiger partial charge on any atom is 1.00 e. The molecule has 0 bridgehead atoms. The van der Waals surface area contributed by atoms with Crippen molar-refractivity contribution in [1.82, 2.24) is 0 Å². The zero-order valence-electron chi connectivity index (χ0n) is 6.56. The van der Waals surface area contributed by atoms with Crippen LogP contribution in [0.5, 0.6) is 0 Å². The van der Waals surface area contributed by atoms with E-state index in [4.69, 9.17) is 10.5 Å². The Balaban J connectivity index is -0.0000000300. The van der Waals surface area contributed by atoms with Crippen molar-refractivity contribution < 1.29 is 36.4 Å². The Hall–Kier alpha value is 0.117. The van der Waals surface area contributed by atoms with Crippen molar-refractivity contribution in [2.45, 2.75) is 20.0 Å². The molecular weight excluding hydrogens is 148 g/mol. The van der Waals surface area contributed by atoms with Crippen LogP contribution in [0.25, 0.3) is 0 Å². The van der Waals surface area contributed by atoms with Gasteiger partial charge in [-0.3, -0.25) is 5.41 Å². The second-order valence-electron chi connectivity index (χ2n) is 1.55. The van der Waals surface area contributed by atoms with Crippen LogP contribution in [-0.4, -0.2) is 17.2 Å². The first kappa shape index (κ1) is 22.5. The zero-order chi connectivity index (χ0) is 7.15. The minimum absolute atomic E-state index is 0. The van der Waals surface area contributed by atoms with Crippen LogP contribution in [0.1, 0.15) is 13.8 Å². The van der Waals surface area contributed by atoms with Crippen LogP contribution >= 0.6 is 0 Å². The second kappa shape index (κ2) is 16.1. The average molecular weight is 162 g/mol. The fourth-order valence-corrected chi connectivity index (χ4v) is 0. The van der Waals surface area contributed by atoms with Crippen molar-refractivity contribution in [3.05, 3.63) is 0 Å². The Morgan fingerprint density at radius 2 is 1.40 bits per heavy atom. The van der Waals surface area contributed by atoms with Crippen LogP contribution in [0.4, 0.5) is 0 Å². The van der Waals surface area contributed by atoms with Gasteiger partial charge >= 0.3 is 18.9 Å². The Morgan fingerprint density at radius 3 is 1.40 bits per heavy atom. The molecule has 0 atom stereocenters. The maximum absolute atomic E-state index is 8.06. The molecule has 0 aliphatic heterocycles. The molecule has 0 spiro atoms. The summed E-state index contributed by atoms with van der Waals surface area (Å²) in [6, 6.07) is 0. The van der Waals surface area contributed by atoms with E-state index < -0.39 is 0 Å². The summed E-state index contributed by atoms with van der Waals surface area (Å²) < 4.78 is 0. The predicted octanol–water partition coefficient (Wildman–Crippen LogP) is -6.77. The summed E-state index contributed by atoms with van der Waals surface area (Å²) >= 11 is 0. The fraction of sp³-hybridized carbons (Fsp3) is 0.750. The van der Waals surface area contributed by atoms with Gasteiger partial charge in [0, 0.05) is 6.10 Å². The molecule has 0 amide bonds. The van der Waals surface area contributed by atoms with Gasteiger partial charge in [-0.05, 0) is 13.8 Å². The molecule has 0 aromatic carbocycles. The molecule has 0 unspecified atom stereocenters. The van der Waals surface area contributed by atoms with Crippen molar-refractivity contribution in [2.75, 3.05) is 0 Å². The molecule has 6 heteroatoms. The molecule has 0 aromatic rings. The molecule has 58 valence electrons. The third kappa shape index (κ3) is 29800. The van der Waals surface area contributed by atoms with Crippen LogP contribution < -0.4 is 42.7 Å². The summed E-state index contributed by atoms with van der Waals surface area (Å²) in [4.78, 5) is 0. The van der Waals surface area contributed by atoms with E-state index in [1.807, 2.05) is 0 Å². The summed E-state index contributed by atoms with van der Waals surface area (Å²) in [6.07, 6.45) is -0.167. The van der Waals surface area contributed by atoms with Gasteiger partial charge in [-0.2, -0.15) is 0 Å². The first-order valence-electron chi connectivity index (χ1n) is 2.24. The summed E-state index contributed by atoms with van der Waals surface area (Å²) in [5.74, 6) is -0.333. The van der Waals surface area contributed by atoms with Crippen LogP contribution in [0.3, 0.4) is 0 Å². The zero-order valence-corrected chi connectivity index (χ0v) is 7.31. The number of rotatable bonds is 0. The van der Waals surface area contributed by atoms with Gasteiger partial charge < -0.3 is 29.0 Å². The molecule has 0 rings (SSSR count).